The highest BCUT2D eigenvalue weighted by Crippen LogP contribution is 2.57. The number of carbonyl (C=O) groups is 5. The van der Waals surface area contributed by atoms with E-state index in [0.717, 1.165) is 19.3 Å². The topological polar surface area (TPSA) is 147 Å². The lowest BCUT2D eigenvalue weighted by molar-refractivity contribution is -0.140. The van der Waals surface area contributed by atoms with Gasteiger partial charge in [-0.15, -0.1) is 11.3 Å². The molecule has 1 aromatic heterocycles. The zero-order chi connectivity index (χ0) is 35.6. The van der Waals surface area contributed by atoms with Crippen LogP contribution < -0.4 is 10.6 Å². The Bertz CT molecular complexity index is 1660. The van der Waals surface area contributed by atoms with Crippen molar-refractivity contribution in [2.45, 2.75) is 109 Å². The van der Waals surface area contributed by atoms with Gasteiger partial charge in [0.2, 0.25) is 11.8 Å². The van der Waals surface area contributed by atoms with Crippen molar-refractivity contribution in [2.75, 3.05) is 11.9 Å². The largest absolute Gasteiger partial charge is 0.444 e. The number of rotatable bonds is 4. The molecule has 4 amide bonds. The van der Waals surface area contributed by atoms with Gasteiger partial charge in [0.05, 0.1) is 24.5 Å². The standard InChI is InChI=1S/C36H44FN5O7S/c1-35(2,3)49-33(46)39-27-13-8-6-4-5-7-11-23-17-36(23,31(45)40-32-38-14-15-50-32)18-29(43)28-16-24(20-42(28)30(27)44)48-34(47)41-19-22-10-9-12-26(37)25(22)21-41/h7,9-12,14-15,23-24,27-28H,4-6,8,13,16-21H2,1-3H3,(H,39,46)(H,38,40,45)/b11-7-/t23-,24-,27+,28+,36-/m1/s1. The van der Waals surface area contributed by atoms with E-state index in [1.54, 1.807) is 44.5 Å². The molecular weight excluding hydrogens is 665 g/mol. The predicted molar refractivity (Wildman–Crippen MR) is 182 cm³/mol. The fraction of sp³-hybridized carbons (Fsp3) is 0.556. The van der Waals surface area contributed by atoms with Crippen molar-refractivity contribution in [1.82, 2.24) is 20.1 Å². The van der Waals surface area contributed by atoms with E-state index in [9.17, 15) is 28.4 Å². The van der Waals surface area contributed by atoms with Crippen molar-refractivity contribution in [1.29, 1.82) is 0 Å². The lowest BCUT2D eigenvalue weighted by Gasteiger charge is -2.30. The Morgan fingerprint density at radius 3 is 2.68 bits per heavy atom. The van der Waals surface area contributed by atoms with E-state index in [1.165, 1.54) is 27.2 Å². The molecule has 0 spiro atoms. The van der Waals surface area contributed by atoms with Crippen LogP contribution in [0.15, 0.2) is 41.9 Å². The van der Waals surface area contributed by atoms with Crippen LogP contribution in [0.3, 0.4) is 0 Å². The average Bonchev–Trinajstić information content (AvgIpc) is 3.47. The van der Waals surface area contributed by atoms with Gasteiger partial charge in [0.15, 0.2) is 10.9 Å². The summed E-state index contributed by atoms with van der Waals surface area (Å²) in [7, 11) is 0. The number of thiazole rings is 1. The summed E-state index contributed by atoms with van der Waals surface area (Å²) >= 11 is 1.28. The zero-order valence-electron chi connectivity index (χ0n) is 28.6. The minimum absolute atomic E-state index is 0.0231. The van der Waals surface area contributed by atoms with E-state index in [-0.39, 0.29) is 50.1 Å². The van der Waals surface area contributed by atoms with Crippen LogP contribution in [0.4, 0.5) is 19.1 Å². The molecule has 2 N–H and O–H groups in total. The lowest BCUT2D eigenvalue weighted by atomic mass is 9.91. The minimum atomic E-state index is -1.01. The number of nitrogens with zero attached hydrogens (tertiary/aromatic N) is 3. The molecule has 12 nitrogen and oxygen atoms in total. The van der Waals surface area contributed by atoms with Crippen LogP contribution in [0.25, 0.3) is 0 Å². The first-order valence-electron chi connectivity index (χ1n) is 17.2. The highest BCUT2D eigenvalue weighted by molar-refractivity contribution is 7.13. The van der Waals surface area contributed by atoms with Crippen LogP contribution in [0.1, 0.15) is 83.3 Å². The highest BCUT2D eigenvalue weighted by Gasteiger charge is 2.60. The fourth-order valence-corrected chi connectivity index (χ4v) is 7.70. The molecule has 1 aliphatic carbocycles. The number of benzene rings is 1. The number of fused-ring (bicyclic) bond motifs is 3. The molecule has 1 saturated carbocycles. The number of amides is 4. The summed E-state index contributed by atoms with van der Waals surface area (Å²) in [6, 6.07) is 2.71. The third-order valence-electron chi connectivity index (χ3n) is 9.82. The molecule has 4 aliphatic rings. The number of anilines is 1. The Morgan fingerprint density at radius 1 is 1.12 bits per heavy atom. The monoisotopic (exact) mass is 709 g/mol. The summed E-state index contributed by atoms with van der Waals surface area (Å²) in [5, 5.41) is 7.79. The van der Waals surface area contributed by atoms with Crippen LogP contribution in [-0.2, 0) is 36.9 Å². The predicted octanol–water partition coefficient (Wildman–Crippen LogP) is 5.72. The number of hydrogen-bond acceptors (Lipinski definition) is 9. The number of Topliss-reactive ketones (excluding diaryl/α,β-unsaturated/α-hetero) is 1. The van der Waals surface area contributed by atoms with Gasteiger partial charge in [0.25, 0.3) is 0 Å². The summed E-state index contributed by atoms with van der Waals surface area (Å²) in [4.78, 5) is 75.5. The second-order valence-electron chi connectivity index (χ2n) is 14.6. The van der Waals surface area contributed by atoms with E-state index in [2.05, 4.69) is 21.7 Å². The highest BCUT2D eigenvalue weighted by atomic mass is 32.1. The number of ketones is 1. The van der Waals surface area contributed by atoms with Crippen molar-refractivity contribution in [3.8, 4) is 0 Å². The molecule has 50 heavy (non-hydrogen) atoms. The maximum absolute atomic E-state index is 14.4. The molecule has 5 atom stereocenters. The molecule has 268 valence electrons. The van der Waals surface area contributed by atoms with E-state index in [0.29, 0.717) is 35.5 Å². The molecule has 6 rings (SSSR count). The SMILES string of the molecule is CC(C)(C)OC(=O)N[C@H]1CCCCC/C=C\[C@@H]2C[C@@]2(C(=O)Nc2nccs2)CC(=O)[C@@H]2C[C@@H](OC(=O)N3Cc4cccc(F)c4C3)CN2C1=O. The van der Waals surface area contributed by atoms with Crippen molar-refractivity contribution in [3.63, 3.8) is 0 Å². The Morgan fingerprint density at radius 2 is 1.94 bits per heavy atom. The van der Waals surface area contributed by atoms with Crippen LogP contribution >= 0.6 is 11.3 Å². The van der Waals surface area contributed by atoms with Gasteiger partial charge in [0.1, 0.15) is 23.6 Å². The van der Waals surface area contributed by atoms with Gasteiger partial charge >= 0.3 is 12.2 Å². The molecule has 0 bridgehead atoms. The maximum atomic E-state index is 14.4. The summed E-state index contributed by atoms with van der Waals surface area (Å²) in [5.74, 6) is -1.67. The summed E-state index contributed by atoms with van der Waals surface area (Å²) in [5.41, 5.74) is -0.684. The van der Waals surface area contributed by atoms with Gasteiger partial charge in [-0.1, -0.05) is 37.1 Å². The normalized spacial score (nSPS) is 27.6. The third kappa shape index (κ3) is 8.00. The van der Waals surface area contributed by atoms with Crippen LogP contribution in [0, 0.1) is 17.2 Å². The van der Waals surface area contributed by atoms with Crippen LogP contribution in [0.2, 0.25) is 0 Å². The Hall–Kier alpha value is -4.33. The third-order valence-corrected chi connectivity index (χ3v) is 10.5. The summed E-state index contributed by atoms with van der Waals surface area (Å²) < 4.78 is 25.7. The minimum Gasteiger partial charge on any atom is -0.444 e. The Labute approximate surface area is 294 Å². The van der Waals surface area contributed by atoms with Crippen LogP contribution in [0.5, 0.6) is 0 Å². The second-order valence-corrected chi connectivity index (χ2v) is 15.5. The number of aromatic nitrogens is 1. The van der Waals surface area contributed by atoms with Crippen molar-refractivity contribution in [2.24, 2.45) is 11.3 Å². The number of alkyl carbamates (subject to hydrolysis) is 1. The van der Waals surface area contributed by atoms with E-state index >= 15 is 0 Å². The Balaban J connectivity index is 1.25. The first kappa shape index (κ1) is 35.5. The molecule has 14 heteroatoms. The van der Waals surface area contributed by atoms with Gasteiger partial charge < -0.3 is 25.0 Å². The van der Waals surface area contributed by atoms with E-state index < -0.39 is 53.1 Å². The fourth-order valence-electron chi connectivity index (χ4n) is 7.18. The average molecular weight is 710 g/mol. The van der Waals surface area contributed by atoms with Gasteiger partial charge in [-0.05, 0) is 64.0 Å². The first-order valence-corrected chi connectivity index (χ1v) is 18.1. The second kappa shape index (κ2) is 14.5. The van der Waals surface area contributed by atoms with E-state index in [4.69, 9.17) is 9.47 Å². The molecule has 1 saturated heterocycles. The smallest absolute Gasteiger partial charge is 0.410 e. The molecular formula is C36H44FN5O7S. The maximum Gasteiger partial charge on any atom is 0.410 e. The molecule has 4 heterocycles. The van der Waals surface area contributed by atoms with Crippen molar-refractivity contribution in [3.05, 3.63) is 58.9 Å². The van der Waals surface area contributed by atoms with Gasteiger partial charge in [-0.2, -0.15) is 0 Å². The number of carbonyl (C=O) groups excluding carboxylic acids is 5. The number of halogens is 1. The number of allylic oxidation sites excluding steroid dienone is 2. The van der Waals surface area contributed by atoms with Crippen molar-refractivity contribution < 1.29 is 37.8 Å². The van der Waals surface area contributed by atoms with Gasteiger partial charge in [0, 0.05) is 36.5 Å². The molecule has 0 unspecified atom stereocenters. The first-order chi connectivity index (χ1) is 23.8. The number of nitrogens with one attached hydrogen (secondary N) is 2. The molecule has 0 radical (unpaired) electrons. The summed E-state index contributed by atoms with van der Waals surface area (Å²) in [6.45, 7) is 5.33. The molecule has 1 aromatic carbocycles. The zero-order valence-corrected chi connectivity index (χ0v) is 29.4. The molecule has 3 aliphatic heterocycles. The summed E-state index contributed by atoms with van der Waals surface area (Å²) in [6.07, 6.45) is 7.15. The Kier molecular flexibility index (Phi) is 10.3. The van der Waals surface area contributed by atoms with E-state index in [1.807, 2.05) is 6.08 Å². The quantitative estimate of drug-likeness (QED) is 0.383. The molecule has 2 aromatic rings. The van der Waals surface area contributed by atoms with Gasteiger partial charge in [-0.3, -0.25) is 19.3 Å². The molecule has 2 fully saturated rings. The van der Waals surface area contributed by atoms with Crippen LogP contribution in [-0.4, -0.2) is 74.9 Å². The van der Waals surface area contributed by atoms with Gasteiger partial charge in [-0.25, -0.2) is 19.0 Å². The number of ether oxygens (including phenoxy) is 2. The lowest BCUT2D eigenvalue weighted by Crippen LogP contribution is -2.53. The van der Waals surface area contributed by atoms with Crippen molar-refractivity contribution >= 4 is 46.3 Å². The number of hydrogen-bond donors (Lipinski definition) is 2.